The first-order valence-electron chi connectivity index (χ1n) is 10.1. The van der Waals surface area contributed by atoms with Crippen molar-refractivity contribution in [2.75, 3.05) is 6.61 Å². The van der Waals surface area contributed by atoms with Crippen molar-refractivity contribution in [3.8, 4) is 0 Å². The van der Waals surface area contributed by atoms with Crippen LogP contribution in [0.25, 0.3) is 0 Å². The van der Waals surface area contributed by atoms with Gasteiger partial charge in [-0.3, -0.25) is 4.79 Å². The van der Waals surface area contributed by atoms with E-state index in [4.69, 9.17) is 4.74 Å². The number of aliphatic hydroxyl groups excluding tert-OH is 2. The highest BCUT2D eigenvalue weighted by Gasteiger charge is 2.76. The number of ether oxygens (including phenoxy) is 1. The van der Waals surface area contributed by atoms with Crippen LogP contribution in [0.1, 0.15) is 60.3 Å². The van der Waals surface area contributed by atoms with Crippen molar-refractivity contribution < 1.29 is 35.1 Å². The molecule has 0 aromatic heterocycles. The number of rotatable bonds is 2. The van der Waals surface area contributed by atoms with Gasteiger partial charge in [-0.25, -0.2) is 0 Å². The van der Waals surface area contributed by atoms with Gasteiger partial charge in [-0.1, -0.05) is 27.7 Å². The second kappa shape index (κ2) is 6.51. The zero-order valence-corrected chi connectivity index (χ0v) is 17.4. The molecule has 7 nitrogen and oxygen atoms in total. The third-order valence-electron chi connectivity index (χ3n) is 8.02. The van der Waals surface area contributed by atoms with Crippen LogP contribution in [0.2, 0.25) is 0 Å². The van der Waals surface area contributed by atoms with Gasteiger partial charge < -0.3 is 30.3 Å². The van der Waals surface area contributed by atoms with Crippen LogP contribution in [-0.4, -0.2) is 67.1 Å². The van der Waals surface area contributed by atoms with E-state index < -0.39 is 47.0 Å². The molecule has 0 aromatic carbocycles. The highest BCUT2D eigenvalue weighted by atomic mass is 16.5. The molecule has 7 unspecified atom stereocenters. The molecule has 1 aliphatic heterocycles. The molecule has 7 atom stereocenters. The maximum absolute atomic E-state index is 12.5. The van der Waals surface area contributed by atoms with E-state index in [1.807, 2.05) is 20.8 Å². The Morgan fingerprint density at radius 2 is 1.79 bits per heavy atom. The SMILES string of the molecule is CC1=C(C(C)C)C(O)C2(O)C1(O)COC(=O)CC2(C)C1(O)CCC(C)C(O)C1. The first-order valence-corrected chi connectivity index (χ1v) is 10.1. The van der Waals surface area contributed by atoms with Crippen molar-refractivity contribution in [1.82, 2.24) is 0 Å². The summed E-state index contributed by atoms with van der Waals surface area (Å²) in [6, 6.07) is 0. The smallest absolute Gasteiger partial charge is 0.306 e. The van der Waals surface area contributed by atoms with Gasteiger partial charge in [0, 0.05) is 11.8 Å². The standard InChI is InChI=1S/C21H34O7/c1-11(2)16-13(4)20(26)10-28-15(23)9-18(5,21(20,27)17(16)24)19(25)7-6-12(3)14(22)8-19/h11-12,14,17,22,24-27H,6-10H2,1-5H3. The molecule has 1 saturated heterocycles. The van der Waals surface area contributed by atoms with Gasteiger partial charge in [-0.2, -0.15) is 0 Å². The van der Waals surface area contributed by atoms with E-state index in [0.29, 0.717) is 17.6 Å². The predicted molar refractivity (Wildman–Crippen MR) is 101 cm³/mol. The maximum atomic E-state index is 12.5. The first kappa shape index (κ1) is 21.7. The fourth-order valence-electron chi connectivity index (χ4n) is 5.89. The lowest BCUT2D eigenvalue weighted by Crippen LogP contribution is -2.74. The van der Waals surface area contributed by atoms with E-state index in [2.05, 4.69) is 0 Å². The van der Waals surface area contributed by atoms with E-state index in [9.17, 15) is 30.3 Å². The van der Waals surface area contributed by atoms with Crippen LogP contribution in [0.5, 0.6) is 0 Å². The van der Waals surface area contributed by atoms with E-state index >= 15 is 0 Å². The lowest BCUT2D eigenvalue weighted by Gasteiger charge is -2.58. The molecule has 0 bridgehead atoms. The highest BCUT2D eigenvalue weighted by Crippen LogP contribution is 2.62. The molecule has 2 aliphatic carbocycles. The zero-order valence-electron chi connectivity index (χ0n) is 17.4. The van der Waals surface area contributed by atoms with Crippen molar-refractivity contribution in [2.24, 2.45) is 17.3 Å². The van der Waals surface area contributed by atoms with Crippen molar-refractivity contribution in [3.05, 3.63) is 11.1 Å². The molecule has 160 valence electrons. The fourth-order valence-corrected chi connectivity index (χ4v) is 5.89. The molecule has 3 rings (SSSR count). The van der Waals surface area contributed by atoms with Crippen molar-refractivity contribution >= 4 is 5.97 Å². The van der Waals surface area contributed by atoms with Gasteiger partial charge in [-0.15, -0.1) is 0 Å². The Kier molecular flexibility index (Phi) is 5.04. The number of aliphatic hydroxyl groups is 5. The van der Waals surface area contributed by atoms with Crippen molar-refractivity contribution in [1.29, 1.82) is 0 Å². The summed E-state index contributed by atoms with van der Waals surface area (Å²) in [5.74, 6) is -0.859. The minimum absolute atomic E-state index is 0.0327. The number of hydrogen-bond donors (Lipinski definition) is 5. The Hall–Kier alpha value is -0.990. The summed E-state index contributed by atoms with van der Waals surface area (Å²) in [6.45, 7) is 8.23. The molecule has 0 aromatic rings. The molecule has 7 heteroatoms. The molecule has 0 radical (unpaired) electrons. The minimum atomic E-state index is -2.25. The third-order valence-corrected chi connectivity index (χ3v) is 8.02. The summed E-state index contributed by atoms with van der Waals surface area (Å²) in [7, 11) is 0. The van der Waals surface area contributed by atoms with Gasteiger partial charge in [0.1, 0.15) is 18.3 Å². The second-order valence-electron chi connectivity index (χ2n) is 9.75. The molecule has 2 fully saturated rings. The Balaban J connectivity index is 2.22. The highest BCUT2D eigenvalue weighted by molar-refractivity contribution is 5.72. The van der Waals surface area contributed by atoms with E-state index in [0.717, 1.165) is 0 Å². The Morgan fingerprint density at radius 3 is 2.32 bits per heavy atom. The number of cyclic esters (lactones) is 1. The summed E-state index contributed by atoms with van der Waals surface area (Å²) >= 11 is 0. The van der Waals surface area contributed by atoms with Crippen LogP contribution in [0, 0.1) is 17.3 Å². The van der Waals surface area contributed by atoms with Crippen LogP contribution in [0.15, 0.2) is 11.1 Å². The molecule has 5 N–H and O–H groups in total. The fraction of sp³-hybridized carbons (Fsp3) is 0.857. The molecular formula is C21H34O7. The molecule has 0 spiro atoms. The van der Waals surface area contributed by atoms with E-state index in [-0.39, 0.29) is 31.1 Å². The van der Waals surface area contributed by atoms with Crippen LogP contribution in [-0.2, 0) is 9.53 Å². The zero-order chi connectivity index (χ0) is 21.3. The van der Waals surface area contributed by atoms with Gasteiger partial charge in [0.15, 0.2) is 5.60 Å². The summed E-state index contributed by atoms with van der Waals surface area (Å²) in [5, 5.41) is 57.0. The summed E-state index contributed by atoms with van der Waals surface area (Å²) in [6.07, 6.45) is -1.99. The minimum Gasteiger partial charge on any atom is -0.462 e. The van der Waals surface area contributed by atoms with Crippen LogP contribution in [0.3, 0.4) is 0 Å². The van der Waals surface area contributed by atoms with Gasteiger partial charge in [0.05, 0.1) is 18.1 Å². The quantitative estimate of drug-likeness (QED) is 0.341. The normalized spacial score (nSPS) is 49.8. The lowest BCUT2D eigenvalue weighted by molar-refractivity contribution is -0.282. The maximum Gasteiger partial charge on any atom is 0.306 e. The van der Waals surface area contributed by atoms with Gasteiger partial charge in [0.2, 0.25) is 0 Å². The van der Waals surface area contributed by atoms with E-state index in [1.54, 1.807) is 6.92 Å². The third kappa shape index (κ3) is 2.50. The number of carbonyl (C=O) groups is 1. The summed E-state index contributed by atoms with van der Waals surface area (Å²) in [5.41, 5.74) is -6.73. The number of fused-ring (bicyclic) bond motifs is 1. The molecule has 3 aliphatic rings. The summed E-state index contributed by atoms with van der Waals surface area (Å²) < 4.78 is 5.24. The van der Waals surface area contributed by atoms with Crippen LogP contribution >= 0.6 is 0 Å². The average molecular weight is 398 g/mol. The molecule has 28 heavy (non-hydrogen) atoms. The van der Waals surface area contributed by atoms with E-state index in [1.165, 1.54) is 6.92 Å². The second-order valence-corrected chi connectivity index (χ2v) is 9.75. The topological polar surface area (TPSA) is 127 Å². The number of carbonyl (C=O) groups excluding carboxylic acids is 1. The first-order chi connectivity index (χ1) is 12.7. The number of esters is 1. The average Bonchev–Trinajstić information content (AvgIpc) is 2.69. The predicted octanol–water partition coefficient (Wildman–Crippen LogP) is 0.661. The Bertz CT molecular complexity index is 703. The van der Waals surface area contributed by atoms with Crippen LogP contribution < -0.4 is 0 Å². The summed E-state index contributed by atoms with van der Waals surface area (Å²) in [4.78, 5) is 12.5. The van der Waals surface area contributed by atoms with Crippen molar-refractivity contribution in [2.45, 2.75) is 89.3 Å². The van der Waals surface area contributed by atoms with Gasteiger partial charge in [-0.05, 0) is 42.7 Å². The number of hydrogen-bond acceptors (Lipinski definition) is 7. The Morgan fingerprint density at radius 1 is 1.18 bits per heavy atom. The van der Waals surface area contributed by atoms with Gasteiger partial charge >= 0.3 is 5.97 Å². The molecular weight excluding hydrogens is 364 g/mol. The van der Waals surface area contributed by atoms with Crippen LogP contribution in [0.4, 0.5) is 0 Å². The van der Waals surface area contributed by atoms with Gasteiger partial charge in [0.25, 0.3) is 0 Å². The largest absolute Gasteiger partial charge is 0.462 e. The van der Waals surface area contributed by atoms with Crippen molar-refractivity contribution in [3.63, 3.8) is 0 Å². The Labute approximate surface area is 166 Å². The molecule has 1 saturated carbocycles. The molecule has 1 heterocycles. The molecule has 0 amide bonds. The monoisotopic (exact) mass is 398 g/mol. The lowest BCUT2D eigenvalue weighted by atomic mass is 9.51.